The van der Waals surface area contributed by atoms with Gasteiger partial charge in [-0.25, -0.2) is 4.79 Å². The van der Waals surface area contributed by atoms with Gasteiger partial charge in [0.2, 0.25) is 0 Å². The molecule has 0 radical (unpaired) electrons. The second kappa shape index (κ2) is 6.03. The number of piperidine rings is 1. The van der Waals surface area contributed by atoms with Crippen LogP contribution in [0.5, 0.6) is 0 Å². The minimum Gasteiger partial charge on any atom is -0.323 e. The van der Waals surface area contributed by atoms with Crippen LogP contribution in [0.15, 0.2) is 12.2 Å². The van der Waals surface area contributed by atoms with Gasteiger partial charge in [0.15, 0.2) is 0 Å². The Morgan fingerprint density at radius 3 is 2.77 bits per heavy atom. The fraction of sp³-hybridized carbons (Fsp3) is 0.765. The third-order valence-corrected chi connectivity index (χ3v) is 5.58. The van der Waals surface area contributed by atoms with Crippen molar-refractivity contribution in [3.8, 4) is 0 Å². The number of urea groups is 1. The zero-order valence-corrected chi connectivity index (χ0v) is 13.7. The average Bonchev–Trinajstić information content (AvgIpc) is 2.78. The number of likely N-dealkylation sites (N-methyl/N-ethyl adjacent to an activating group) is 1. The molecule has 0 aromatic carbocycles. The molecule has 3 atom stereocenters. The van der Waals surface area contributed by atoms with Crippen molar-refractivity contribution in [1.29, 1.82) is 0 Å². The number of allylic oxidation sites excluding steroid dienone is 1. The van der Waals surface area contributed by atoms with Gasteiger partial charge in [0.1, 0.15) is 5.54 Å². The molecule has 1 N–H and O–H groups in total. The maximum atomic E-state index is 12.7. The SMILES string of the molecule is CCN1C(=O)N[C@](C)([C@@H]2CCCN([C@@H]3C=CCCC3)C2)C1=O. The number of likely N-dealkylation sites (tertiary alicyclic amines) is 1. The highest BCUT2D eigenvalue weighted by atomic mass is 16.2. The summed E-state index contributed by atoms with van der Waals surface area (Å²) >= 11 is 0. The van der Waals surface area contributed by atoms with Crippen molar-refractivity contribution in [3.63, 3.8) is 0 Å². The Balaban J connectivity index is 1.74. The first kappa shape index (κ1) is 15.5. The van der Waals surface area contributed by atoms with E-state index >= 15 is 0 Å². The third kappa shape index (κ3) is 2.56. The number of rotatable bonds is 3. The maximum absolute atomic E-state index is 12.7. The molecule has 2 saturated heterocycles. The van der Waals surface area contributed by atoms with Crippen molar-refractivity contribution in [2.24, 2.45) is 5.92 Å². The lowest BCUT2D eigenvalue weighted by atomic mass is 9.79. The van der Waals surface area contributed by atoms with E-state index in [9.17, 15) is 9.59 Å². The van der Waals surface area contributed by atoms with Crippen LogP contribution in [-0.2, 0) is 4.79 Å². The Labute approximate surface area is 132 Å². The van der Waals surface area contributed by atoms with E-state index in [2.05, 4.69) is 22.4 Å². The van der Waals surface area contributed by atoms with E-state index in [4.69, 9.17) is 0 Å². The minimum atomic E-state index is -0.732. The zero-order chi connectivity index (χ0) is 15.7. The van der Waals surface area contributed by atoms with Gasteiger partial charge < -0.3 is 5.32 Å². The molecule has 0 bridgehead atoms. The predicted molar refractivity (Wildman–Crippen MR) is 85.4 cm³/mol. The normalized spacial score (nSPS) is 36.7. The fourth-order valence-electron chi connectivity index (χ4n) is 4.16. The monoisotopic (exact) mass is 305 g/mol. The summed E-state index contributed by atoms with van der Waals surface area (Å²) in [6.07, 6.45) is 10.3. The van der Waals surface area contributed by atoms with Crippen LogP contribution in [0.2, 0.25) is 0 Å². The number of nitrogens with zero attached hydrogens (tertiary/aromatic N) is 2. The van der Waals surface area contributed by atoms with Crippen LogP contribution >= 0.6 is 0 Å². The van der Waals surface area contributed by atoms with Crippen molar-refractivity contribution in [2.75, 3.05) is 19.6 Å². The molecule has 0 spiro atoms. The highest BCUT2D eigenvalue weighted by molar-refractivity contribution is 6.07. The second-order valence-corrected chi connectivity index (χ2v) is 6.94. The lowest BCUT2D eigenvalue weighted by Gasteiger charge is -2.42. The van der Waals surface area contributed by atoms with Crippen LogP contribution in [0.1, 0.15) is 46.0 Å². The molecule has 122 valence electrons. The van der Waals surface area contributed by atoms with Crippen LogP contribution in [0.25, 0.3) is 0 Å². The van der Waals surface area contributed by atoms with Gasteiger partial charge in [-0.3, -0.25) is 14.6 Å². The first-order valence-corrected chi connectivity index (χ1v) is 8.61. The van der Waals surface area contributed by atoms with Gasteiger partial charge in [-0.15, -0.1) is 0 Å². The van der Waals surface area contributed by atoms with E-state index in [0.717, 1.165) is 25.9 Å². The molecule has 0 unspecified atom stereocenters. The van der Waals surface area contributed by atoms with Gasteiger partial charge in [-0.2, -0.15) is 0 Å². The molecule has 5 nitrogen and oxygen atoms in total. The molecular formula is C17H27N3O2. The van der Waals surface area contributed by atoms with E-state index in [1.165, 1.54) is 24.2 Å². The van der Waals surface area contributed by atoms with E-state index in [0.29, 0.717) is 12.6 Å². The highest BCUT2D eigenvalue weighted by Crippen LogP contribution is 2.34. The van der Waals surface area contributed by atoms with Crippen LogP contribution in [0.3, 0.4) is 0 Å². The number of nitrogens with one attached hydrogen (secondary N) is 1. The van der Waals surface area contributed by atoms with Crippen molar-refractivity contribution in [3.05, 3.63) is 12.2 Å². The zero-order valence-electron chi connectivity index (χ0n) is 13.7. The topological polar surface area (TPSA) is 52.7 Å². The average molecular weight is 305 g/mol. The second-order valence-electron chi connectivity index (χ2n) is 6.94. The molecule has 1 aliphatic carbocycles. The first-order valence-electron chi connectivity index (χ1n) is 8.61. The highest BCUT2D eigenvalue weighted by Gasteiger charge is 2.52. The number of amides is 3. The summed E-state index contributed by atoms with van der Waals surface area (Å²) in [7, 11) is 0. The first-order chi connectivity index (χ1) is 10.6. The molecule has 2 aliphatic heterocycles. The van der Waals surface area contributed by atoms with Gasteiger partial charge in [0.25, 0.3) is 5.91 Å². The number of hydrogen-bond acceptors (Lipinski definition) is 3. The van der Waals surface area contributed by atoms with E-state index in [1.807, 2.05) is 13.8 Å². The number of hydrogen-bond donors (Lipinski definition) is 1. The lowest BCUT2D eigenvalue weighted by Crippen LogP contribution is -2.57. The quantitative estimate of drug-likeness (QED) is 0.642. The Kier molecular flexibility index (Phi) is 4.26. The minimum absolute atomic E-state index is 0.0500. The van der Waals surface area contributed by atoms with Gasteiger partial charge in [0.05, 0.1) is 0 Å². The maximum Gasteiger partial charge on any atom is 0.325 e. The Hall–Kier alpha value is -1.36. The van der Waals surface area contributed by atoms with Crippen molar-refractivity contribution < 1.29 is 9.59 Å². The van der Waals surface area contributed by atoms with Crippen LogP contribution in [0, 0.1) is 5.92 Å². The summed E-state index contributed by atoms with van der Waals surface area (Å²) in [6.45, 7) is 6.20. The molecule has 3 rings (SSSR count). The van der Waals surface area contributed by atoms with E-state index < -0.39 is 5.54 Å². The van der Waals surface area contributed by atoms with Crippen LogP contribution < -0.4 is 5.32 Å². The van der Waals surface area contributed by atoms with Gasteiger partial charge >= 0.3 is 6.03 Å². The van der Waals surface area contributed by atoms with Gasteiger partial charge in [-0.1, -0.05) is 12.2 Å². The molecule has 2 fully saturated rings. The Morgan fingerprint density at radius 1 is 1.32 bits per heavy atom. The molecule has 3 amide bonds. The largest absolute Gasteiger partial charge is 0.325 e. The molecule has 0 saturated carbocycles. The van der Waals surface area contributed by atoms with Crippen LogP contribution in [0.4, 0.5) is 4.79 Å². The Morgan fingerprint density at radius 2 is 2.14 bits per heavy atom. The molecular weight excluding hydrogens is 278 g/mol. The summed E-state index contributed by atoms with van der Waals surface area (Å²) in [5, 5.41) is 2.97. The molecule has 0 aromatic rings. The summed E-state index contributed by atoms with van der Waals surface area (Å²) in [6, 6.07) is 0.277. The summed E-state index contributed by atoms with van der Waals surface area (Å²) in [4.78, 5) is 28.5. The van der Waals surface area contributed by atoms with Gasteiger partial charge in [-0.05, 0) is 52.5 Å². The lowest BCUT2D eigenvalue weighted by molar-refractivity contribution is -0.133. The predicted octanol–water partition coefficient (Wildman–Crippen LogP) is 2.14. The van der Waals surface area contributed by atoms with Crippen molar-refractivity contribution >= 4 is 11.9 Å². The standard InChI is InChI=1S/C17H27N3O2/c1-3-20-15(21)17(2,18-16(20)22)13-8-7-11-19(12-13)14-9-5-4-6-10-14/h5,9,13-14H,3-4,6-8,10-12H2,1-2H3,(H,18,22)/t13-,14-,17-/m1/s1. The molecule has 22 heavy (non-hydrogen) atoms. The molecule has 0 aromatic heterocycles. The third-order valence-electron chi connectivity index (χ3n) is 5.58. The molecule has 2 heterocycles. The molecule has 5 heteroatoms. The van der Waals surface area contributed by atoms with Gasteiger partial charge in [0, 0.05) is 25.0 Å². The number of carbonyl (C=O) groups excluding carboxylic acids is 2. The smallest absolute Gasteiger partial charge is 0.323 e. The van der Waals surface area contributed by atoms with Crippen LogP contribution in [-0.4, -0.2) is 53.0 Å². The van der Waals surface area contributed by atoms with E-state index in [1.54, 1.807) is 0 Å². The summed E-state index contributed by atoms with van der Waals surface area (Å²) in [5.74, 6) is 0.149. The van der Waals surface area contributed by atoms with E-state index in [-0.39, 0.29) is 17.9 Å². The Bertz CT molecular complexity index is 490. The number of carbonyl (C=O) groups is 2. The van der Waals surface area contributed by atoms with Crippen molar-refractivity contribution in [1.82, 2.24) is 15.1 Å². The summed E-state index contributed by atoms with van der Waals surface area (Å²) in [5.41, 5.74) is -0.732. The fourth-order valence-corrected chi connectivity index (χ4v) is 4.16. The van der Waals surface area contributed by atoms with Crippen molar-refractivity contribution in [2.45, 2.75) is 57.5 Å². The number of imide groups is 1. The summed E-state index contributed by atoms with van der Waals surface area (Å²) < 4.78 is 0. The molecule has 3 aliphatic rings.